The molecule has 0 aromatic heterocycles. The maximum atomic E-state index is 12.4. The Balaban J connectivity index is 0.00000308. The van der Waals surface area contributed by atoms with Crippen LogP contribution in [0.4, 0.5) is 0 Å². The van der Waals surface area contributed by atoms with Crippen molar-refractivity contribution in [2.45, 2.75) is 13.3 Å². The van der Waals surface area contributed by atoms with Crippen molar-refractivity contribution < 1.29 is 17.5 Å². The summed E-state index contributed by atoms with van der Waals surface area (Å²) in [6.07, 6.45) is 2.41. The number of aromatic hydroxyl groups is 1. The van der Waals surface area contributed by atoms with E-state index in [1.165, 1.54) is 18.2 Å². The van der Waals surface area contributed by atoms with Crippen LogP contribution in [0.1, 0.15) is 29.9 Å². The summed E-state index contributed by atoms with van der Waals surface area (Å²) in [5, 5.41) is 18.3. The summed E-state index contributed by atoms with van der Waals surface area (Å²) < 4.78 is 6.24. The number of benzene rings is 4. The Kier molecular flexibility index (Phi) is 10.4. The van der Waals surface area contributed by atoms with Gasteiger partial charge in [0.25, 0.3) is 5.91 Å². The largest absolute Gasteiger partial charge is 0.506 e. The molecule has 0 fully saturated rings. The second-order valence-electron chi connectivity index (χ2n) is 9.04. The molecule has 0 aliphatic carbocycles. The number of amides is 1. The number of halogens is 3. The first kappa shape index (κ1) is 29.4. The molecule has 3 N–H and O–H groups in total. The van der Waals surface area contributed by atoms with Gasteiger partial charge in [0.15, 0.2) is 0 Å². The number of rotatable bonds is 11. The fourth-order valence-corrected chi connectivity index (χ4v) is 4.56. The number of carbonyl (C=O) groups excluding carboxylic acids is 1. The van der Waals surface area contributed by atoms with Gasteiger partial charge in [0.1, 0.15) is 18.1 Å². The topological polar surface area (TPSA) is 83.0 Å². The molecule has 1 amide bonds. The molecule has 0 bridgehead atoms. The Labute approximate surface area is 251 Å². The number of ether oxygens (including phenoxy) is 1. The van der Waals surface area contributed by atoms with Crippen molar-refractivity contribution in [3.05, 3.63) is 116 Å². The van der Waals surface area contributed by atoms with Crippen molar-refractivity contribution >= 4 is 46.9 Å². The van der Waals surface area contributed by atoms with Gasteiger partial charge in [0.05, 0.1) is 21.3 Å². The van der Waals surface area contributed by atoms with E-state index in [2.05, 4.69) is 15.8 Å². The van der Waals surface area contributed by atoms with E-state index in [1.807, 2.05) is 67.6 Å². The van der Waals surface area contributed by atoms with Crippen LogP contribution in [0.2, 0.25) is 15.1 Å². The number of hydrazone groups is 1. The van der Waals surface area contributed by atoms with Gasteiger partial charge in [-0.2, -0.15) is 5.10 Å². The SMILES string of the molecule is Cc1cc(/C=N/NC(=O)c2ccc(O)c(Cl)c2)cc(-c2ccccc2)c1OCCNCCc1ccc(Cl)c(Cl)c1.[HH].[HH]. The maximum Gasteiger partial charge on any atom is 0.271 e. The summed E-state index contributed by atoms with van der Waals surface area (Å²) in [6, 6.07) is 23.8. The van der Waals surface area contributed by atoms with Gasteiger partial charge >= 0.3 is 0 Å². The fourth-order valence-electron chi connectivity index (χ4n) is 4.06. The predicted octanol–water partition coefficient (Wildman–Crippen LogP) is 7.79. The average Bonchev–Trinajstić information content (AvgIpc) is 2.95. The van der Waals surface area contributed by atoms with Crippen LogP contribution < -0.4 is 15.5 Å². The molecule has 0 saturated heterocycles. The van der Waals surface area contributed by atoms with Gasteiger partial charge in [-0.15, -0.1) is 0 Å². The summed E-state index contributed by atoms with van der Waals surface area (Å²) in [5.74, 6) is 0.259. The third kappa shape index (κ3) is 7.99. The number of nitrogens with zero attached hydrogens (tertiary/aromatic N) is 1. The molecule has 0 saturated carbocycles. The smallest absolute Gasteiger partial charge is 0.271 e. The van der Waals surface area contributed by atoms with Crippen molar-refractivity contribution in [3.63, 3.8) is 0 Å². The molecule has 0 aliphatic rings. The minimum atomic E-state index is -0.440. The maximum absolute atomic E-state index is 12.4. The summed E-state index contributed by atoms with van der Waals surface area (Å²) in [7, 11) is 0. The van der Waals surface area contributed by atoms with Crippen LogP contribution in [0.25, 0.3) is 11.1 Å². The molecule has 4 aromatic carbocycles. The first-order valence-electron chi connectivity index (χ1n) is 12.6. The minimum Gasteiger partial charge on any atom is -0.506 e. The molecule has 6 nitrogen and oxygen atoms in total. The second-order valence-corrected chi connectivity index (χ2v) is 10.3. The Bertz CT molecular complexity index is 1520. The molecule has 0 heterocycles. The van der Waals surface area contributed by atoms with Gasteiger partial charge in [-0.25, -0.2) is 5.43 Å². The van der Waals surface area contributed by atoms with E-state index in [4.69, 9.17) is 39.5 Å². The summed E-state index contributed by atoms with van der Waals surface area (Å²) in [4.78, 5) is 12.4. The number of phenolic OH excluding ortho intramolecular Hbond substituents is 1. The van der Waals surface area contributed by atoms with E-state index in [9.17, 15) is 9.90 Å². The van der Waals surface area contributed by atoms with Gasteiger partial charge in [-0.1, -0.05) is 71.2 Å². The summed E-state index contributed by atoms with van der Waals surface area (Å²) in [5.41, 5.74) is 7.57. The van der Waals surface area contributed by atoms with Gasteiger partial charge in [0, 0.05) is 20.5 Å². The third-order valence-corrected chi connectivity index (χ3v) is 7.11. The lowest BCUT2D eigenvalue weighted by Gasteiger charge is -2.16. The van der Waals surface area contributed by atoms with Crippen molar-refractivity contribution in [3.8, 4) is 22.6 Å². The minimum absolute atomic E-state index is 0. The molecule has 4 rings (SSSR count). The van der Waals surface area contributed by atoms with Crippen LogP contribution in [0, 0.1) is 6.92 Å². The van der Waals surface area contributed by atoms with E-state index in [0.29, 0.717) is 23.2 Å². The van der Waals surface area contributed by atoms with Crippen LogP contribution >= 0.6 is 34.8 Å². The first-order valence-corrected chi connectivity index (χ1v) is 13.7. The lowest BCUT2D eigenvalue weighted by atomic mass is 9.99. The van der Waals surface area contributed by atoms with Crippen molar-refractivity contribution in [2.24, 2.45) is 5.10 Å². The Morgan fingerprint density at radius 2 is 1.75 bits per heavy atom. The highest BCUT2D eigenvalue weighted by atomic mass is 35.5. The zero-order valence-electron chi connectivity index (χ0n) is 21.8. The molecular formula is C31H32Cl3N3O3. The van der Waals surface area contributed by atoms with Crippen LogP contribution in [0.3, 0.4) is 0 Å². The highest BCUT2D eigenvalue weighted by Crippen LogP contribution is 2.34. The van der Waals surface area contributed by atoms with Crippen molar-refractivity contribution in [1.82, 2.24) is 10.7 Å². The highest BCUT2D eigenvalue weighted by Gasteiger charge is 2.12. The van der Waals surface area contributed by atoms with Crippen molar-refractivity contribution in [2.75, 3.05) is 19.7 Å². The van der Waals surface area contributed by atoms with Gasteiger partial charge in [0.2, 0.25) is 0 Å². The lowest BCUT2D eigenvalue weighted by Crippen LogP contribution is -2.23. The molecule has 0 radical (unpaired) electrons. The van der Waals surface area contributed by atoms with E-state index in [-0.39, 0.29) is 19.2 Å². The molecule has 0 aliphatic heterocycles. The normalized spacial score (nSPS) is 11.1. The average molecular weight is 601 g/mol. The van der Waals surface area contributed by atoms with Gasteiger partial charge < -0.3 is 15.2 Å². The fraction of sp³-hybridized carbons (Fsp3) is 0.161. The zero-order chi connectivity index (χ0) is 28.5. The van der Waals surface area contributed by atoms with E-state index in [0.717, 1.165) is 46.5 Å². The number of hydrogen-bond donors (Lipinski definition) is 3. The molecule has 40 heavy (non-hydrogen) atoms. The van der Waals surface area contributed by atoms with Crippen LogP contribution in [0.15, 0.2) is 84.0 Å². The highest BCUT2D eigenvalue weighted by molar-refractivity contribution is 6.42. The van der Waals surface area contributed by atoms with E-state index >= 15 is 0 Å². The van der Waals surface area contributed by atoms with Crippen molar-refractivity contribution in [1.29, 1.82) is 0 Å². The number of aryl methyl sites for hydroxylation is 1. The van der Waals surface area contributed by atoms with Crippen LogP contribution in [-0.2, 0) is 6.42 Å². The number of hydrogen-bond acceptors (Lipinski definition) is 5. The number of phenols is 1. The van der Waals surface area contributed by atoms with E-state index < -0.39 is 5.91 Å². The molecule has 0 unspecified atom stereocenters. The quantitative estimate of drug-likeness (QED) is 0.0932. The van der Waals surface area contributed by atoms with Crippen LogP contribution in [-0.4, -0.2) is 36.9 Å². The molecule has 4 aromatic rings. The third-order valence-electron chi connectivity index (χ3n) is 6.07. The Morgan fingerprint density at radius 1 is 0.950 bits per heavy atom. The standard InChI is InChI=1S/C31H28Cl3N3O3.2H2/c1-20-15-22(19-36-37-31(39)24-8-10-29(38)28(34)18-24)16-25(23-5-3-2-4-6-23)30(20)40-14-13-35-12-11-21-7-9-26(32)27(33)17-21;;/h2-10,15-19,35,38H,11-14H2,1H3,(H,37,39);2*1H/b36-19+;;. The molecule has 210 valence electrons. The van der Waals surface area contributed by atoms with Crippen LogP contribution in [0.5, 0.6) is 11.5 Å². The molecule has 0 spiro atoms. The summed E-state index contributed by atoms with van der Waals surface area (Å²) in [6.45, 7) is 3.92. The first-order chi connectivity index (χ1) is 19.3. The monoisotopic (exact) mass is 599 g/mol. The van der Waals surface area contributed by atoms with E-state index in [1.54, 1.807) is 6.21 Å². The predicted molar refractivity (Wildman–Crippen MR) is 168 cm³/mol. The molecule has 9 heteroatoms. The van der Waals surface area contributed by atoms with Gasteiger partial charge in [-0.3, -0.25) is 4.79 Å². The molecular weight excluding hydrogens is 569 g/mol. The number of carbonyl (C=O) groups is 1. The lowest BCUT2D eigenvalue weighted by molar-refractivity contribution is 0.0955. The zero-order valence-corrected chi connectivity index (χ0v) is 24.0. The molecule has 0 atom stereocenters. The summed E-state index contributed by atoms with van der Waals surface area (Å²) >= 11 is 18.0. The Hall–Kier alpha value is -3.55. The Morgan fingerprint density at radius 3 is 2.50 bits per heavy atom. The van der Waals surface area contributed by atoms with Gasteiger partial charge in [-0.05, 0) is 84.6 Å². The second kappa shape index (κ2) is 14.2. The number of nitrogens with one attached hydrogen (secondary N) is 2.